The summed E-state index contributed by atoms with van der Waals surface area (Å²) in [5.74, 6) is -0.881. The van der Waals surface area contributed by atoms with Gasteiger partial charge in [0.05, 0.1) is 25.2 Å². The Hall–Kier alpha value is -1.93. The Kier molecular flexibility index (Phi) is 38.2. The second-order valence-electron chi connectivity index (χ2n) is 17.2. The van der Waals surface area contributed by atoms with E-state index in [2.05, 4.69) is 34.3 Å². The molecule has 0 fully saturated rings. The predicted molar refractivity (Wildman–Crippen MR) is 236 cm³/mol. The molecule has 0 aromatic heterocycles. The molecule has 0 aromatic carbocycles. The van der Waals surface area contributed by atoms with E-state index in [1.807, 2.05) is 6.92 Å². The molecule has 8 heteroatoms. The molecule has 0 radical (unpaired) electrons. The van der Waals surface area contributed by atoms with E-state index in [9.17, 15) is 14.4 Å². The molecule has 0 aliphatic rings. The molecule has 0 spiro atoms. The van der Waals surface area contributed by atoms with Crippen LogP contribution in [0.4, 0.5) is 0 Å². The fourth-order valence-electron chi connectivity index (χ4n) is 6.83. The first-order chi connectivity index (χ1) is 27.7. The molecule has 0 amide bonds. The van der Waals surface area contributed by atoms with Crippen LogP contribution in [-0.4, -0.2) is 64.2 Å². The Morgan fingerprint density at radius 2 is 0.807 bits per heavy atom. The first-order valence-electron chi connectivity index (χ1n) is 24.0. The highest BCUT2D eigenvalue weighted by Crippen LogP contribution is 2.26. The van der Waals surface area contributed by atoms with Crippen molar-refractivity contribution in [1.29, 1.82) is 0 Å². The molecule has 0 rings (SSSR count). The van der Waals surface area contributed by atoms with Gasteiger partial charge in [0.25, 0.3) is 0 Å². The minimum absolute atomic E-state index is 0.118. The van der Waals surface area contributed by atoms with Crippen LogP contribution in [0.3, 0.4) is 0 Å². The smallest absolute Gasteiger partial charge is 0.330 e. The van der Waals surface area contributed by atoms with Gasteiger partial charge in [0.1, 0.15) is 13.2 Å². The average molecular weight is 809 g/mol. The zero-order chi connectivity index (χ0) is 42.1. The van der Waals surface area contributed by atoms with E-state index in [0.717, 1.165) is 70.5 Å². The predicted octanol–water partition coefficient (Wildman–Crippen LogP) is 13.6. The van der Waals surface area contributed by atoms with Gasteiger partial charge in [-0.1, -0.05) is 182 Å². The number of rotatable bonds is 44. The van der Waals surface area contributed by atoms with Crippen molar-refractivity contribution in [3.05, 3.63) is 12.7 Å². The fraction of sp³-hybridized carbons (Fsp3) is 0.898. The van der Waals surface area contributed by atoms with Crippen LogP contribution in [-0.2, 0) is 38.1 Å². The minimum Gasteiger partial charge on any atom is -0.465 e. The molecular formula is C49H92O8. The first kappa shape index (κ1) is 55.1. The lowest BCUT2D eigenvalue weighted by Crippen LogP contribution is -2.38. The third-order valence-electron chi connectivity index (χ3n) is 11.6. The number of esters is 3. The molecule has 0 heterocycles. The molecule has 336 valence electrons. The molecule has 57 heavy (non-hydrogen) atoms. The van der Waals surface area contributed by atoms with Crippen LogP contribution in [0.25, 0.3) is 0 Å². The summed E-state index contributed by atoms with van der Waals surface area (Å²) in [7, 11) is 0. The highest BCUT2D eigenvalue weighted by atomic mass is 16.6. The monoisotopic (exact) mass is 809 g/mol. The van der Waals surface area contributed by atoms with Crippen molar-refractivity contribution in [1.82, 2.24) is 0 Å². The summed E-state index contributed by atoms with van der Waals surface area (Å²) in [5.41, 5.74) is -0.747. The van der Waals surface area contributed by atoms with Crippen molar-refractivity contribution in [3.8, 4) is 0 Å². The van der Waals surface area contributed by atoms with Gasteiger partial charge in [0, 0.05) is 37.5 Å². The number of unbranched alkanes of at least 4 members (excludes halogenated alkanes) is 23. The van der Waals surface area contributed by atoms with E-state index < -0.39 is 11.4 Å². The average Bonchev–Trinajstić information content (AvgIpc) is 3.22. The van der Waals surface area contributed by atoms with Crippen LogP contribution >= 0.6 is 0 Å². The SMILES string of the molecule is C=CC(=O)OCC(CC)(COCCCCCCCCCCCC)COC(=O)CCCCCCCC(=O)OCC(C)(CC)COCCCCCCCCCCCCC. The van der Waals surface area contributed by atoms with E-state index in [4.69, 9.17) is 23.7 Å². The first-order valence-corrected chi connectivity index (χ1v) is 24.0. The second-order valence-corrected chi connectivity index (χ2v) is 17.2. The zero-order valence-electron chi connectivity index (χ0n) is 38.2. The number of ether oxygens (including phenoxy) is 5. The molecule has 0 saturated heterocycles. The molecule has 8 nitrogen and oxygen atoms in total. The van der Waals surface area contributed by atoms with Gasteiger partial charge in [0.2, 0.25) is 0 Å². The molecule has 2 unspecified atom stereocenters. The molecule has 0 aliphatic carbocycles. The van der Waals surface area contributed by atoms with Crippen molar-refractivity contribution in [2.24, 2.45) is 10.8 Å². The standard InChI is InChI=1S/C49H92O8/c1-7-12-14-16-18-20-22-24-25-30-34-38-53-40-48(6,10-4)41-55-46(51)36-32-28-27-29-33-37-47(52)57-44-49(11-5,43-56-45(50)9-3)42-54-39-35-31-26-23-21-19-17-15-13-8-2/h9H,3,7-8,10-44H2,1-2,4-6H3. The zero-order valence-corrected chi connectivity index (χ0v) is 38.2. The molecule has 0 aliphatic heterocycles. The summed E-state index contributed by atoms with van der Waals surface area (Å²) in [6.45, 7) is 17.4. The van der Waals surface area contributed by atoms with E-state index in [1.165, 1.54) is 116 Å². The van der Waals surface area contributed by atoms with Crippen molar-refractivity contribution >= 4 is 17.9 Å². The Morgan fingerprint density at radius 1 is 0.439 bits per heavy atom. The van der Waals surface area contributed by atoms with Crippen LogP contribution in [0.15, 0.2) is 12.7 Å². The van der Waals surface area contributed by atoms with Crippen LogP contribution < -0.4 is 0 Å². The summed E-state index contributed by atoms with van der Waals surface area (Å²) in [4.78, 5) is 37.0. The summed E-state index contributed by atoms with van der Waals surface area (Å²) in [6.07, 6.45) is 34.9. The lowest BCUT2D eigenvalue weighted by atomic mass is 9.88. The molecule has 2 atom stereocenters. The van der Waals surface area contributed by atoms with Crippen molar-refractivity contribution < 1.29 is 38.1 Å². The summed E-state index contributed by atoms with van der Waals surface area (Å²) < 4.78 is 28.8. The van der Waals surface area contributed by atoms with Gasteiger partial charge in [-0.25, -0.2) is 4.79 Å². The largest absolute Gasteiger partial charge is 0.465 e. The molecular weight excluding hydrogens is 717 g/mol. The van der Waals surface area contributed by atoms with Crippen LogP contribution in [0.5, 0.6) is 0 Å². The second kappa shape index (κ2) is 39.5. The van der Waals surface area contributed by atoms with Crippen LogP contribution in [0, 0.1) is 10.8 Å². The van der Waals surface area contributed by atoms with Gasteiger partial charge >= 0.3 is 17.9 Å². The number of hydrogen-bond acceptors (Lipinski definition) is 8. The van der Waals surface area contributed by atoms with Crippen LogP contribution in [0.1, 0.15) is 227 Å². The topological polar surface area (TPSA) is 97.4 Å². The lowest BCUT2D eigenvalue weighted by Gasteiger charge is -2.31. The van der Waals surface area contributed by atoms with Crippen molar-refractivity contribution in [2.75, 3.05) is 46.2 Å². The van der Waals surface area contributed by atoms with Crippen molar-refractivity contribution in [2.45, 2.75) is 227 Å². The van der Waals surface area contributed by atoms with Gasteiger partial charge in [-0.3, -0.25) is 9.59 Å². The molecule has 0 aromatic rings. The summed E-state index contributed by atoms with van der Waals surface area (Å²) in [6, 6.07) is 0. The summed E-state index contributed by atoms with van der Waals surface area (Å²) >= 11 is 0. The molecule has 0 saturated carbocycles. The Bertz CT molecular complexity index is 954. The fourth-order valence-corrected chi connectivity index (χ4v) is 6.83. The van der Waals surface area contributed by atoms with Gasteiger partial charge in [0.15, 0.2) is 0 Å². The van der Waals surface area contributed by atoms with Gasteiger partial charge in [-0.15, -0.1) is 0 Å². The Labute approximate surface area is 352 Å². The van der Waals surface area contributed by atoms with E-state index in [1.54, 1.807) is 0 Å². The summed E-state index contributed by atoms with van der Waals surface area (Å²) in [5, 5.41) is 0. The highest BCUT2D eigenvalue weighted by molar-refractivity contribution is 5.81. The lowest BCUT2D eigenvalue weighted by molar-refractivity contribution is -0.155. The van der Waals surface area contributed by atoms with Gasteiger partial charge in [-0.05, 0) is 38.5 Å². The van der Waals surface area contributed by atoms with Crippen molar-refractivity contribution in [3.63, 3.8) is 0 Å². The Morgan fingerprint density at radius 3 is 1.21 bits per heavy atom. The van der Waals surface area contributed by atoms with E-state index >= 15 is 0 Å². The van der Waals surface area contributed by atoms with Crippen LogP contribution in [0.2, 0.25) is 0 Å². The van der Waals surface area contributed by atoms with E-state index in [-0.39, 0.29) is 30.6 Å². The third-order valence-corrected chi connectivity index (χ3v) is 11.6. The van der Waals surface area contributed by atoms with Gasteiger partial charge < -0.3 is 23.7 Å². The third kappa shape index (κ3) is 34.6. The highest BCUT2D eigenvalue weighted by Gasteiger charge is 2.32. The Balaban J connectivity index is 4.15. The number of hydrogen-bond donors (Lipinski definition) is 0. The normalized spacial score (nSPS) is 13.5. The minimum atomic E-state index is -0.588. The molecule has 0 N–H and O–H groups in total. The van der Waals surface area contributed by atoms with E-state index in [0.29, 0.717) is 45.7 Å². The molecule has 0 bridgehead atoms. The quantitative estimate of drug-likeness (QED) is 0.0260. The van der Waals surface area contributed by atoms with Gasteiger partial charge in [-0.2, -0.15) is 0 Å². The number of carbonyl (C=O) groups excluding carboxylic acids is 3. The maximum atomic E-state index is 12.7. The maximum Gasteiger partial charge on any atom is 0.330 e. The number of carbonyl (C=O) groups is 3. The maximum absolute atomic E-state index is 12.7.